The summed E-state index contributed by atoms with van der Waals surface area (Å²) in [6.07, 6.45) is -3.26. The van der Waals surface area contributed by atoms with Gasteiger partial charge in [-0.05, 0) is 0 Å². The molecule has 9 heteroatoms. The van der Waals surface area contributed by atoms with Gasteiger partial charge in [-0.15, -0.1) is 0 Å². The van der Waals surface area contributed by atoms with Crippen molar-refractivity contribution < 1.29 is 23.6 Å². The number of pyridine rings is 1. The van der Waals surface area contributed by atoms with Gasteiger partial charge in [-0.3, -0.25) is 19.7 Å². The molecule has 0 bridgehead atoms. The van der Waals surface area contributed by atoms with E-state index >= 15 is 0 Å². The van der Waals surface area contributed by atoms with Gasteiger partial charge in [0.1, 0.15) is 0 Å². The van der Waals surface area contributed by atoms with Crippen molar-refractivity contribution in [3.63, 3.8) is 0 Å². The predicted molar refractivity (Wildman–Crippen MR) is 50.0 cm³/mol. The third-order valence-electron chi connectivity index (χ3n) is 1.91. The molecule has 1 heterocycles. The van der Waals surface area contributed by atoms with E-state index in [2.05, 4.69) is 0 Å². The van der Waals surface area contributed by atoms with E-state index in [9.17, 15) is 28.5 Å². The van der Waals surface area contributed by atoms with E-state index < -0.39 is 46.1 Å². The lowest BCUT2D eigenvalue weighted by atomic mass is 10.1. The summed E-state index contributed by atoms with van der Waals surface area (Å²) in [5, 5.41) is 18.9. The average Bonchev–Trinajstić information content (AvgIpc) is 2.19. The molecule has 0 unspecified atom stereocenters. The molecule has 92 valence electrons. The Kier molecular flexibility index (Phi) is 3.51. The van der Waals surface area contributed by atoms with Crippen LogP contribution < -0.4 is 5.43 Å². The highest BCUT2D eigenvalue weighted by atomic mass is 19.3. The quantitative estimate of drug-likeness (QED) is 0.605. The number of aliphatic carboxylic acids is 1. The Hall–Kier alpha value is -2.32. The highest BCUT2D eigenvalue weighted by Crippen LogP contribution is 2.23. The second-order valence-electron chi connectivity index (χ2n) is 3.03. The topological polar surface area (TPSA) is 113 Å². The van der Waals surface area contributed by atoms with Crippen LogP contribution in [0.2, 0.25) is 0 Å². The van der Waals surface area contributed by atoms with E-state index in [-0.39, 0.29) is 0 Å². The number of nitrogens with zero attached hydrogens (tertiary/aromatic N) is 1. The number of nitro groups is 1. The summed E-state index contributed by atoms with van der Waals surface area (Å²) in [4.78, 5) is 32.9. The fourth-order valence-electron chi connectivity index (χ4n) is 1.22. The minimum Gasteiger partial charge on any atom is -0.481 e. The molecule has 0 radical (unpaired) electrons. The van der Waals surface area contributed by atoms with Crippen molar-refractivity contribution in [2.75, 3.05) is 0 Å². The first-order valence-electron chi connectivity index (χ1n) is 4.23. The lowest BCUT2D eigenvalue weighted by Crippen LogP contribution is -2.19. The first-order valence-corrected chi connectivity index (χ1v) is 4.23. The van der Waals surface area contributed by atoms with Gasteiger partial charge in [-0.25, -0.2) is 8.78 Å². The van der Waals surface area contributed by atoms with Crippen molar-refractivity contribution in [2.45, 2.75) is 12.8 Å². The molecule has 0 aliphatic carbocycles. The van der Waals surface area contributed by atoms with Gasteiger partial charge in [0.05, 0.1) is 11.3 Å². The van der Waals surface area contributed by atoms with Crippen molar-refractivity contribution >= 4 is 11.7 Å². The van der Waals surface area contributed by atoms with Crippen LogP contribution in [0.3, 0.4) is 0 Å². The highest BCUT2D eigenvalue weighted by molar-refractivity contribution is 5.70. The Balaban J connectivity index is 3.44. The first kappa shape index (κ1) is 12.7. The Labute approximate surface area is 91.8 Å². The van der Waals surface area contributed by atoms with Gasteiger partial charge < -0.3 is 10.1 Å². The van der Waals surface area contributed by atoms with Crippen molar-refractivity contribution in [1.29, 1.82) is 0 Å². The molecule has 1 aromatic heterocycles. The molecule has 1 aromatic rings. The lowest BCUT2D eigenvalue weighted by Gasteiger charge is -2.03. The van der Waals surface area contributed by atoms with Crippen molar-refractivity contribution in [1.82, 2.24) is 4.98 Å². The number of rotatable bonds is 4. The highest BCUT2D eigenvalue weighted by Gasteiger charge is 2.28. The Bertz CT molecular complexity index is 525. The summed E-state index contributed by atoms with van der Waals surface area (Å²) in [5.74, 6) is -1.39. The number of hydrogen-bond acceptors (Lipinski definition) is 4. The Morgan fingerprint density at radius 3 is 2.59 bits per heavy atom. The van der Waals surface area contributed by atoms with Gasteiger partial charge in [0.25, 0.3) is 11.9 Å². The first-order chi connectivity index (χ1) is 7.84. The molecule has 7 nitrogen and oxygen atoms in total. The summed E-state index contributed by atoms with van der Waals surface area (Å²) in [5.41, 5.74) is -4.21. The van der Waals surface area contributed by atoms with Gasteiger partial charge in [-0.2, -0.15) is 0 Å². The number of nitrogens with one attached hydrogen (secondary N) is 1. The van der Waals surface area contributed by atoms with Crippen molar-refractivity contribution in [2.24, 2.45) is 0 Å². The predicted octanol–water partition coefficient (Wildman–Crippen LogP) is 0.848. The molecule has 1 rings (SSSR count). The minimum atomic E-state index is -3.22. The average molecular weight is 248 g/mol. The van der Waals surface area contributed by atoms with E-state index in [1.54, 1.807) is 0 Å². The van der Waals surface area contributed by atoms with Crippen LogP contribution in [0.1, 0.15) is 17.7 Å². The van der Waals surface area contributed by atoms with Crippen LogP contribution in [0.15, 0.2) is 11.0 Å². The molecule has 0 fully saturated rings. The number of H-pyrrole nitrogens is 1. The zero-order chi connectivity index (χ0) is 13.2. The van der Waals surface area contributed by atoms with Crippen molar-refractivity contribution in [3.05, 3.63) is 37.8 Å². The molecular weight excluding hydrogens is 242 g/mol. The molecule has 0 aromatic carbocycles. The maximum Gasteiger partial charge on any atom is 0.341 e. The minimum absolute atomic E-state index is 0.450. The molecular formula is C8H6F2N2O5. The molecule has 0 aliphatic rings. The second-order valence-corrected chi connectivity index (χ2v) is 3.03. The van der Waals surface area contributed by atoms with Gasteiger partial charge in [0, 0.05) is 11.8 Å². The summed E-state index contributed by atoms with van der Waals surface area (Å²) in [6.45, 7) is 0. The molecule has 0 saturated heterocycles. The number of halogens is 2. The molecule has 2 N–H and O–H groups in total. The van der Waals surface area contributed by atoms with Gasteiger partial charge in [0.2, 0.25) is 0 Å². The molecule has 0 amide bonds. The molecule has 0 atom stereocenters. The van der Waals surface area contributed by atoms with Crippen LogP contribution in [0.5, 0.6) is 0 Å². The third-order valence-corrected chi connectivity index (χ3v) is 1.91. The van der Waals surface area contributed by atoms with Crippen LogP contribution in [-0.2, 0) is 11.2 Å². The van der Waals surface area contributed by atoms with Gasteiger partial charge >= 0.3 is 11.7 Å². The standard InChI is InChI=1S/C8H6F2N2O5/c9-8(10)5-6(12(16)17)7(15)3(2-11-5)1-4(13)14/h2,8H,1H2,(H,11,15)(H,13,14). The van der Waals surface area contributed by atoms with Crippen LogP contribution in [-0.4, -0.2) is 21.0 Å². The van der Waals surface area contributed by atoms with E-state index in [0.717, 1.165) is 6.20 Å². The normalized spacial score (nSPS) is 10.5. The Morgan fingerprint density at radius 2 is 2.18 bits per heavy atom. The largest absolute Gasteiger partial charge is 0.481 e. The van der Waals surface area contributed by atoms with Crippen LogP contribution in [0.25, 0.3) is 0 Å². The Morgan fingerprint density at radius 1 is 1.59 bits per heavy atom. The van der Waals surface area contributed by atoms with Crippen LogP contribution in [0, 0.1) is 10.1 Å². The molecule has 0 saturated carbocycles. The number of carboxylic acid groups (broad SMARTS) is 1. The van der Waals surface area contributed by atoms with Gasteiger partial charge in [-0.1, -0.05) is 0 Å². The van der Waals surface area contributed by atoms with E-state index in [4.69, 9.17) is 5.11 Å². The number of alkyl halides is 2. The van der Waals surface area contributed by atoms with Crippen LogP contribution >= 0.6 is 0 Å². The zero-order valence-corrected chi connectivity index (χ0v) is 8.15. The molecule has 0 aliphatic heterocycles. The lowest BCUT2D eigenvalue weighted by molar-refractivity contribution is -0.387. The van der Waals surface area contributed by atoms with E-state index in [1.807, 2.05) is 4.98 Å². The molecule has 0 spiro atoms. The van der Waals surface area contributed by atoms with E-state index in [1.165, 1.54) is 0 Å². The summed E-state index contributed by atoms with van der Waals surface area (Å²) in [7, 11) is 0. The monoisotopic (exact) mass is 248 g/mol. The number of carbonyl (C=O) groups is 1. The summed E-state index contributed by atoms with van der Waals surface area (Å²) >= 11 is 0. The van der Waals surface area contributed by atoms with Crippen molar-refractivity contribution in [3.8, 4) is 0 Å². The summed E-state index contributed by atoms with van der Waals surface area (Å²) < 4.78 is 24.7. The number of aromatic amines is 1. The van der Waals surface area contributed by atoms with E-state index in [0.29, 0.717) is 0 Å². The fourth-order valence-corrected chi connectivity index (χ4v) is 1.22. The zero-order valence-electron chi connectivity index (χ0n) is 8.15. The third kappa shape index (κ3) is 2.62. The summed E-state index contributed by atoms with van der Waals surface area (Å²) in [6, 6.07) is 0. The number of carboxylic acids is 1. The SMILES string of the molecule is O=C(O)Cc1c[nH]c(C(F)F)c([N+](=O)[O-])c1=O. The number of aromatic nitrogens is 1. The molecule has 17 heavy (non-hydrogen) atoms. The van der Waals surface area contributed by atoms with Crippen LogP contribution in [0.4, 0.5) is 14.5 Å². The maximum atomic E-state index is 12.4. The maximum absolute atomic E-state index is 12.4. The fraction of sp³-hybridized carbons (Fsp3) is 0.250. The smallest absolute Gasteiger partial charge is 0.341 e. The number of hydrogen-bond donors (Lipinski definition) is 2. The van der Waals surface area contributed by atoms with Gasteiger partial charge in [0.15, 0.2) is 5.69 Å². The second kappa shape index (κ2) is 4.68.